The van der Waals surface area contributed by atoms with Gasteiger partial charge in [-0.1, -0.05) is 0 Å². The highest BCUT2D eigenvalue weighted by atomic mass is 16.5. The van der Waals surface area contributed by atoms with Gasteiger partial charge in [0.05, 0.1) is 5.60 Å². The Kier molecular flexibility index (Phi) is 3.82. The number of ether oxygens (including phenoxy) is 1. The molecule has 0 saturated carbocycles. The highest BCUT2D eigenvalue weighted by Crippen LogP contribution is 2.23. The topological polar surface area (TPSA) is 50.4 Å². The molecule has 0 aromatic heterocycles. The number of rotatable bonds is 4. The zero-order valence-corrected chi connectivity index (χ0v) is 10.1. The van der Waals surface area contributed by atoms with Crippen LogP contribution in [0.5, 0.6) is 0 Å². The van der Waals surface area contributed by atoms with E-state index in [2.05, 4.69) is 17.6 Å². The summed E-state index contributed by atoms with van der Waals surface area (Å²) in [4.78, 5) is 11.7. The van der Waals surface area contributed by atoms with E-state index >= 15 is 0 Å². The maximum Gasteiger partial charge on any atom is 0.221 e. The van der Waals surface area contributed by atoms with Crippen LogP contribution in [0.15, 0.2) is 0 Å². The summed E-state index contributed by atoms with van der Waals surface area (Å²) in [5.41, 5.74) is -0.126. The van der Waals surface area contributed by atoms with Crippen molar-refractivity contribution in [2.45, 2.75) is 50.7 Å². The summed E-state index contributed by atoms with van der Waals surface area (Å²) in [7, 11) is 0. The lowest BCUT2D eigenvalue weighted by Gasteiger charge is -2.23. The molecule has 0 aliphatic carbocycles. The summed E-state index contributed by atoms with van der Waals surface area (Å²) in [5, 5.41) is 6.32. The zero-order valence-electron chi connectivity index (χ0n) is 10.1. The maximum absolute atomic E-state index is 11.7. The Morgan fingerprint density at radius 2 is 2.44 bits per heavy atom. The second kappa shape index (κ2) is 5.15. The predicted molar refractivity (Wildman–Crippen MR) is 62.2 cm³/mol. The Labute approximate surface area is 97.1 Å². The molecule has 2 N–H and O–H groups in total. The Hall–Kier alpha value is -0.610. The van der Waals surface area contributed by atoms with Crippen LogP contribution in [0.3, 0.4) is 0 Å². The second-order valence-electron chi connectivity index (χ2n) is 5.18. The molecule has 2 rings (SSSR count). The van der Waals surface area contributed by atoms with Crippen molar-refractivity contribution in [1.82, 2.24) is 10.6 Å². The molecule has 4 heteroatoms. The Bertz CT molecular complexity index is 243. The van der Waals surface area contributed by atoms with Gasteiger partial charge in [0.1, 0.15) is 0 Å². The summed E-state index contributed by atoms with van der Waals surface area (Å²) in [5.74, 6) is 0.149. The van der Waals surface area contributed by atoms with Crippen molar-refractivity contribution in [3.8, 4) is 0 Å². The molecular formula is C12H22N2O2. The molecule has 2 aliphatic heterocycles. The molecule has 0 bridgehead atoms. The van der Waals surface area contributed by atoms with Crippen molar-refractivity contribution in [3.63, 3.8) is 0 Å². The van der Waals surface area contributed by atoms with Crippen molar-refractivity contribution in [2.24, 2.45) is 0 Å². The van der Waals surface area contributed by atoms with E-state index in [9.17, 15) is 4.79 Å². The first kappa shape index (κ1) is 11.9. The number of nitrogens with one attached hydrogen (secondary N) is 2. The minimum atomic E-state index is -0.126. The largest absolute Gasteiger partial charge is 0.373 e. The molecule has 16 heavy (non-hydrogen) atoms. The predicted octanol–water partition coefficient (Wildman–Crippen LogP) is 0.814. The maximum atomic E-state index is 11.7. The van der Waals surface area contributed by atoms with Gasteiger partial charge in [-0.2, -0.15) is 0 Å². The quantitative estimate of drug-likeness (QED) is 0.746. The molecule has 4 nitrogen and oxygen atoms in total. The zero-order chi connectivity index (χ0) is 11.4. The SMILES string of the molecule is CC1(CNC(=O)CC2CCCN2)CCCO1. The molecule has 2 aliphatic rings. The summed E-state index contributed by atoms with van der Waals surface area (Å²) in [6, 6.07) is 0.386. The molecule has 92 valence electrons. The lowest BCUT2D eigenvalue weighted by molar-refractivity contribution is -0.122. The highest BCUT2D eigenvalue weighted by Gasteiger charge is 2.30. The van der Waals surface area contributed by atoms with Gasteiger partial charge in [-0.15, -0.1) is 0 Å². The minimum absolute atomic E-state index is 0.126. The Morgan fingerprint density at radius 3 is 3.06 bits per heavy atom. The molecule has 0 radical (unpaired) electrons. The number of amides is 1. The van der Waals surface area contributed by atoms with Crippen LogP contribution in [0.2, 0.25) is 0 Å². The van der Waals surface area contributed by atoms with Gasteiger partial charge in [-0.3, -0.25) is 4.79 Å². The lowest BCUT2D eigenvalue weighted by atomic mass is 10.0. The fourth-order valence-electron chi connectivity index (χ4n) is 2.49. The van der Waals surface area contributed by atoms with Gasteiger partial charge < -0.3 is 15.4 Å². The molecule has 2 fully saturated rings. The van der Waals surface area contributed by atoms with Crippen LogP contribution < -0.4 is 10.6 Å². The Morgan fingerprint density at radius 1 is 1.56 bits per heavy atom. The standard InChI is InChI=1S/C12H22N2O2/c1-12(5-3-7-16-12)9-14-11(15)8-10-4-2-6-13-10/h10,13H,2-9H2,1H3,(H,14,15). The smallest absolute Gasteiger partial charge is 0.221 e. The summed E-state index contributed by atoms with van der Waals surface area (Å²) >= 11 is 0. The fraction of sp³-hybridized carbons (Fsp3) is 0.917. The van der Waals surface area contributed by atoms with Gasteiger partial charge in [0.15, 0.2) is 0 Å². The molecule has 0 aromatic rings. The Balaban J connectivity index is 1.66. The molecular weight excluding hydrogens is 204 g/mol. The first-order valence-corrected chi connectivity index (χ1v) is 6.32. The molecule has 2 unspecified atom stereocenters. The van der Waals surface area contributed by atoms with Crippen LogP contribution in [0.4, 0.5) is 0 Å². The first-order valence-electron chi connectivity index (χ1n) is 6.32. The van der Waals surface area contributed by atoms with E-state index in [0.717, 1.165) is 32.4 Å². The summed E-state index contributed by atoms with van der Waals surface area (Å²) in [6.07, 6.45) is 5.08. The number of carbonyl (C=O) groups excluding carboxylic acids is 1. The average Bonchev–Trinajstić information content (AvgIpc) is 2.88. The van der Waals surface area contributed by atoms with Crippen molar-refractivity contribution in [1.29, 1.82) is 0 Å². The van der Waals surface area contributed by atoms with E-state index in [0.29, 0.717) is 19.0 Å². The highest BCUT2D eigenvalue weighted by molar-refractivity contribution is 5.76. The van der Waals surface area contributed by atoms with Crippen molar-refractivity contribution < 1.29 is 9.53 Å². The molecule has 2 atom stereocenters. The van der Waals surface area contributed by atoms with Crippen LogP contribution >= 0.6 is 0 Å². The van der Waals surface area contributed by atoms with Gasteiger partial charge in [-0.25, -0.2) is 0 Å². The third-order valence-electron chi connectivity index (χ3n) is 3.55. The summed E-state index contributed by atoms with van der Waals surface area (Å²) in [6.45, 7) is 4.61. The van der Waals surface area contributed by atoms with Gasteiger partial charge >= 0.3 is 0 Å². The normalized spacial score (nSPS) is 34.2. The third kappa shape index (κ3) is 3.19. The number of hydrogen-bond acceptors (Lipinski definition) is 3. The van der Waals surface area contributed by atoms with Crippen molar-refractivity contribution in [3.05, 3.63) is 0 Å². The van der Waals surface area contributed by atoms with E-state index in [4.69, 9.17) is 4.74 Å². The number of hydrogen-bond donors (Lipinski definition) is 2. The van der Waals surface area contributed by atoms with Crippen molar-refractivity contribution >= 4 is 5.91 Å². The van der Waals surface area contributed by atoms with Gasteiger partial charge in [-0.05, 0) is 39.2 Å². The monoisotopic (exact) mass is 226 g/mol. The van der Waals surface area contributed by atoms with Crippen molar-refractivity contribution in [2.75, 3.05) is 19.7 Å². The third-order valence-corrected chi connectivity index (χ3v) is 3.55. The van der Waals surface area contributed by atoms with Gasteiger partial charge in [0.25, 0.3) is 0 Å². The van der Waals surface area contributed by atoms with E-state index < -0.39 is 0 Å². The van der Waals surface area contributed by atoms with Gasteiger partial charge in [0.2, 0.25) is 5.91 Å². The first-order chi connectivity index (χ1) is 7.68. The molecule has 0 spiro atoms. The van der Waals surface area contributed by atoms with Crippen LogP contribution in [0, 0.1) is 0 Å². The average molecular weight is 226 g/mol. The van der Waals surface area contributed by atoms with E-state index in [-0.39, 0.29) is 11.5 Å². The lowest BCUT2D eigenvalue weighted by Crippen LogP contribution is -2.41. The fourth-order valence-corrected chi connectivity index (χ4v) is 2.49. The molecule has 2 heterocycles. The van der Waals surface area contributed by atoms with Crippen LogP contribution in [-0.2, 0) is 9.53 Å². The molecule has 1 amide bonds. The minimum Gasteiger partial charge on any atom is -0.373 e. The van der Waals surface area contributed by atoms with E-state index in [1.165, 1.54) is 6.42 Å². The van der Waals surface area contributed by atoms with Crippen LogP contribution in [0.25, 0.3) is 0 Å². The number of carbonyl (C=O) groups is 1. The molecule has 2 saturated heterocycles. The van der Waals surface area contributed by atoms with E-state index in [1.54, 1.807) is 0 Å². The van der Waals surface area contributed by atoms with E-state index in [1.807, 2.05) is 0 Å². The van der Waals surface area contributed by atoms with Gasteiger partial charge in [0, 0.05) is 25.6 Å². The molecule has 0 aromatic carbocycles. The summed E-state index contributed by atoms with van der Waals surface area (Å²) < 4.78 is 5.63. The van der Waals surface area contributed by atoms with Crippen LogP contribution in [0.1, 0.15) is 39.0 Å². The second-order valence-corrected chi connectivity index (χ2v) is 5.18. The van der Waals surface area contributed by atoms with Crippen LogP contribution in [-0.4, -0.2) is 37.2 Å².